The highest BCUT2D eigenvalue weighted by atomic mass is 32.2. The smallest absolute Gasteiger partial charge is 0.212 e. The van der Waals surface area contributed by atoms with Gasteiger partial charge in [-0.05, 0) is 31.4 Å². The van der Waals surface area contributed by atoms with Crippen molar-refractivity contribution < 1.29 is 8.42 Å². The van der Waals surface area contributed by atoms with E-state index in [2.05, 4.69) is 21.8 Å². The molecule has 0 saturated carbocycles. The molecular formula is C14H22N4O2S. The third kappa shape index (κ3) is 4.01. The van der Waals surface area contributed by atoms with Crippen LogP contribution in [0.15, 0.2) is 24.4 Å². The predicted octanol–water partition coefficient (Wildman–Crippen LogP) is 2.15. The Morgan fingerprint density at radius 2 is 2.05 bits per heavy atom. The Morgan fingerprint density at radius 1 is 1.29 bits per heavy atom. The van der Waals surface area contributed by atoms with Crippen LogP contribution in [-0.2, 0) is 10.0 Å². The fourth-order valence-corrected chi connectivity index (χ4v) is 4.13. The fourth-order valence-electron chi connectivity index (χ4n) is 2.48. The van der Waals surface area contributed by atoms with Gasteiger partial charge in [-0.1, -0.05) is 26.3 Å². The second-order valence-electron chi connectivity index (χ2n) is 5.50. The summed E-state index contributed by atoms with van der Waals surface area (Å²) in [4.78, 5) is 0. The van der Waals surface area contributed by atoms with E-state index in [1.165, 1.54) is 0 Å². The van der Waals surface area contributed by atoms with Crippen LogP contribution in [0.5, 0.6) is 0 Å². The molecule has 0 spiro atoms. The van der Waals surface area contributed by atoms with Gasteiger partial charge in [0.15, 0.2) is 11.5 Å². The molecule has 2 heterocycles. The van der Waals surface area contributed by atoms with Crippen LogP contribution in [-0.4, -0.2) is 28.8 Å². The molecule has 0 bridgehead atoms. The minimum Gasteiger partial charge on any atom is -0.285 e. The summed E-state index contributed by atoms with van der Waals surface area (Å²) in [6.45, 7) is 5.80. The van der Waals surface area contributed by atoms with Crippen LogP contribution in [0.25, 0.3) is 5.65 Å². The number of sulfonamides is 1. The summed E-state index contributed by atoms with van der Waals surface area (Å²) in [5.74, 6) is 0.884. The van der Waals surface area contributed by atoms with Crippen molar-refractivity contribution in [2.45, 2.75) is 39.7 Å². The minimum absolute atomic E-state index is 0.141. The first kappa shape index (κ1) is 15.9. The molecule has 0 radical (unpaired) electrons. The molecule has 0 aliphatic rings. The molecule has 0 fully saturated rings. The third-order valence-corrected chi connectivity index (χ3v) is 5.09. The maximum absolute atomic E-state index is 12.2. The Labute approximate surface area is 125 Å². The number of pyridine rings is 1. The Morgan fingerprint density at radius 3 is 2.76 bits per heavy atom. The van der Waals surface area contributed by atoms with Crippen LogP contribution in [0.3, 0.4) is 0 Å². The molecule has 6 nitrogen and oxygen atoms in total. The lowest BCUT2D eigenvalue weighted by Crippen LogP contribution is -2.32. The first-order valence-electron chi connectivity index (χ1n) is 7.22. The van der Waals surface area contributed by atoms with Crippen molar-refractivity contribution >= 4 is 15.7 Å². The van der Waals surface area contributed by atoms with Gasteiger partial charge in [0.1, 0.15) is 0 Å². The zero-order valence-electron chi connectivity index (χ0n) is 12.7. The van der Waals surface area contributed by atoms with E-state index in [-0.39, 0.29) is 11.7 Å². The number of hydrogen-bond acceptors (Lipinski definition) is 4. The lowest BCUT2D eigenvalue weighted by Gasteiger charge is -2.15. The monoisotopic (exact) mass is 310 g/mol. The van der Waals surface area contributed by atoms with Crippen LogP contribution in [0, 0.1) is 5.92 Å². The summed E-state index contributed by atoms with van der Waals surface area (Å²) in [6.07, 6.45) is 3.72. The summed E-state index contributed by atoms with van der Waals surface area (Å²) in [7, 11) is -3.33. The molecule has 116 valence electrons. The van der Waals surface area contributed by atoms with Gasteiger partial charge in [-0.3, -0.25) is 4.40 Å². The van der Waals surface area contributed by atoms with E-state index in [1.54, 1.807) is 11.3 Å². The molecule has 0 aliphatic carbocycles. The van der Waals surface area contributed by atoms with Crippen molar-refractivity contribution in [3.05, 3.63) is 30.2 Å². The molecule has 2 unspecified atom stereocenters. The van der Waals surface area contributed by atoms with Gasteiger partial charge in [0.05, 0.1) is 11.8 Å². The molecule has 0 saturated heterocycles. The van der Waals surface area contributed by atoms with Gasteiger partial charge in [0.2, 0.25) is 10.0 Å². The predicted molar refractivity (Wildman–Crippen MR) is 82.4 cm³/mol. The molecular weight excluding hydrogens is 288 g/mol. The number of hydrogen-bond donors (Lipinski definition) is 1. The Balaban J connectivity index is 2.12. The van der Waals surface area contributed by atoms with Crippen LogP contribution in [0.1, 0.15) is 45.5 Å². The van der Waals surface area contributed by atoms with Gasteiger partial charge in [0.25, 0.3) is 0 Å². The molecule has 0 amide bonds. The molecule has 2 aromatic rings. The van der Waals surface area contributed by atoms with E-state index >= 15 is 0 Å². The quantitative estimate of drug-likeness (QED) is 0.850. The first-order chi connectivity index (χ1) is 9.93. The maximum Gasteiger partial charge on any atom is 0.212 e. The Bertz CT molecular complexity index is 696. The van der Waals surface area contributed by atoms with E-state index in [0.29, 0.717) is 11.5 Å². The zero-order chi connectivity index (χ0) is 15.5. The van der Waals surface area contributed by atoms with Crippen molar-refractivity contribution in [1.82, 2.24) is 19.3 Å². The number of fused-ring (bicyclic) bond motifs is 1. The molecule has 1 N–H and O–H groups in total. The average molecular weight is 310 g/mol. The van der Waals surface area contributed by atoms with Crippen molar-refractivity contribution in [1.29, 1.82) is 0 Å². The molecule has 2 aromatic heterocycles. The molecule has 0 aromatic carbocycles. The summed E-state index contributed by atoms with van der Waals surface area (Å²) in [5, 5.41) is 8.12. The fraction of sp³-hybridized carbons (Fsp3) is 0.571. The van der Waals surface area contributed by atoms with Gasteiger partial charge in [-0.15, -0.1) is 10.2 Å². The van der Waals surface area contributed by atoms with Crippen LogP contribution >= 0.6 is 0 Å². The van der Waals surface area contributed by atoms with E-state index in [9.17, 15) is 8.42 Å². The molecule has 2 rings (SSSR count). The first-order valence-corrected chi connectivity index (χ1v) is 8.88. The van der Waals surface area contributed by atoms with Gasteiger partial charge >= 0.3 is 0 Å². The second-order valence-corrected chi connectivity index (χ2v) is 7.30. The van der Waals surface area contributed by atoms with Gasteiger partial charge < -0.3 is 0 Å². The van der Waals surface area contributed by atoms with Crippen molar-refractivity contribution in [3.8, 4) is 0 Å². The van der Waals surface area contributed by atoms with E-state index in [1.807, 2.05) is 31.3 Å². The Kier molecular flexibility index (Phi) is 4.95. The minimum atomic E-state index is -3.33. The van der Waals surface area contributed by atoms with Gasteiger partial charge in [-0.25, -0.2) is 13.1 Å². The summed E-state index contributed by atoms with van der Waals surface area (Å²) in [5.41, 5.74) is 0.706. The van der Waals surface area contributed by atoms with Crippen molar-refractivity contribution in [2.24, 2.45) is 5.92 Å². The summed E-state index contributed by atoms with van der Waals surface area (Å²) < 4.78 is 28.9. The summed E-state index contributed by atoms with van der Waals surface area (Å²) >= 11 is 0. The normalized spacial score (nSPS) is 15.2. The average Bonchev–Trinajstić information content (AvgIpc) is 2.81. The standard InChI is InChI=1S/C14H22N4O2S/c1-4-7-11(2)10-21(19,20)17-12(3)14-16-15-13-8-5-6-9-18(13)14/h5-6,8-9,11-12,17H,4,7,10H2,1-3H3. The van der Waals surface area contributed by atoms with E-state index < -0.39 is 16.1 Å². The van der Waals surface area contributed by atoms with Gasteiger partial charge in [0, 0.05) is 6.20 Å². The highest BCUT2D eigenvalue weighted by Gasteiger charge is 2.21. The molecule has 7 heteroatoms. The SMILES string of the molecule is CCCC(C)CS(=O)(=O)NC(C)c1nnc2ccccn12. The molecule has 0 aliphatic heterocycles. The number of aromatic nitrogens is 3. The summed E-state index contributed by atoms with van der Waals surface area (Å²) in [6, 6.07) is 5.15. The van der Waals surface area contributed by atoms with Crippen molar-refractivity contribution in [3.63, 3.8) is 0 Å². The lowest BCUT2D eigenvalue weighted by atomic mass is 10.1. The number of nitrogens with one attached hydrogen (secondary N) is 1. The molecule has 21 heavy (non-hydrogen) atoms. The highest BCUT2D eigenvalue weighted by molar-refractivity contribution is 7.89. The maximum atomic E-state index is 12.2. The van der Waals surface area contributed by atoms with Crippen molar-refractivity contribution in [2.75, 3.05) is 5.75 Å². The highest BCUT2D eigenvalue weighted by Crippen LogP contribution is 2.14. The van der Waals surface area contributed by atoms with Crippen LogP contribution < -0.4 is 4.72 Å². The zero-order valence-corrected chi connectivity index (χ0v) is 13.5. The van der Waals surface area contributed by atoms with Crippen LogP contribution in [0.4, 0.5) is 0 Å². The largest absolute Gasteiger partial charge is 0.285 e. The Hall–Kier alpha value is -1.47. The third-order valence-electron chi connectivity index (χ3n) is 3.37. The van der Waals surface area contributed by atoms with E-state index in [4.69, 9.17) is 0 Å². The van der Waals surface area contributed by atoms with Crippen LogP contribution in [0.2, 0.25) is 0 Å². The number of rotatable bonds is 7. The second kappa shape index (κ2) is 6.53. The van der Waals surface area contributed by atoms with Gasteiger partial charge in [-0.2, -0.15) is 0 Å². The topological polar surface area (TPSA) is 76.4 Å². The molecule has 2 atom stereocenters. The number of nitrogens with zero attached hydrogens (tertiary/aromatic N) is 3. The lowest BCUT2D eigenvalue weighted by molar-refractivity contribution is 0.524. The van der Waals surface area contributed by atoms with E-state index in [0.717, 1.165) is 12.8 Å².